The van der Waals surface area contributed by atoms with Crippen LogP contribution in [0.3, 0.4) is 0 Å². The fourth-order valence-corrected chi connectivity index (χ4v) is 2.56. The highest BCUT2D eigenvalue weighted by atomic mass is 16.5. The molecule has 0 aliphatic heterocycles. The lowest BCUT2D eigenvalue weighted by Crippen LogP contribution is -2.13. The maximum Gasteiger partial charge on any atom is 0.308 e. The summed E-state index contributed by atoms with van der Waals surface area (Å²) in [4.78, 5) is 11.7. The first kappa shape index (κ1) is 19.0. The maximum absolute atomic E-state index is 11.7. The highest BCUT2D eigenvalue weighted by Crippen LogP contribution is 2.25. The maximum atomic E-state index is 11.7. The molecule has 0 N–H and O–H groups in total. The molecule has 0 amide bonds. The van der Waals surface area contributed by atoms with Crippen molar-refractivity contribution in [2.24, 2.45) is 0 Å². The van der Waals surface area contributed by atoms with Crippen molar-refractivity contribution in [1.29, 1.82) is 0 Å². The molecule has 0 fully saturated rings. The van der Waals surface area contributed by atoms with Crippen LogP contribution in [0, 0.1) is 6.92 Å². The predicted molar refractivity (Wildman–Crippen MR) is 97.6 cm³/mol. The normalized spacial score (nSPS) is 11.8. The second kappa shape index (κ2) is 9.84. The van der Waals surface area contributed by atoms with E-state index in [0.29, 0.717) is 19.8 Å². The smallest absolute Gasteiger partial charge is 0.308 e. The monoisotopic (exact) mass is 342 g/mol. The van der Waals surface area contributed by atoms with Crippen molar-refractivity contribution in [2.75, 3.05) is 13.2 Å². The van der Waals surface area contributed by atoms with Gasteiger partial charge in [0.15, 0.2) is 0 Å². The number of benzene rings is 2. The highest BCUT2D eigenvalue weighted by Gasteiger charge is 2.17. The van der Waals surface area contributed by atoms with Crippen LogP contribution >= 0.6 is 0 Å². The average Bonchev–Trinajstić information content (AvgIpc) is 2.61. The van der Waals surface area contributed by atoms with Crippen LogP contribution in [0.4, 0.5) is 0 Å². The fraction of sp³-hybridized carbons (Fsp3) is 0.381. The van der Waals surface area contributed by atoms with Crippen LogP contribution in [0.15, 0.2) is 48.5 Å². The highest BCUT2D eigenvalue weighted by molar-refractivity contribution is 5.70. The van der Waals surface area contributed by atoms with Gasteiger partial charge in [0.25, 0.3) is 0 Å². The van der Waals surface area contributed by atoms with E-state index < -0.39 is 0 Å². The van der Waals surface area contributed by atoms with Crippen LogP contribution in [0.5, 0.6) is 5.75 Å². The van der Waals surface area contributed by atoms with Gasteiger partial charge in [-0.05, 0) is 49.6 Å². The summed E-state index contributed by atoms with van der Waals surface area (Å²) in [6, 6.07) is 15.9. The van der Waals surface area contributed by atoms with Gasteiger partial charge in [-0.15, -0.1) is 0 Å². The Morgan fingerprint density at radius 3 is 2.36 bits per heavy atom. The molecule has 2 aromatic rings. The van der Waals surface area contributed by atoms with Crippen molar-refractivity contribution in [1.82, 2.24) is 0 Å². The van der Waals surface area contributed by atoms with E-state index in [1.54, 1.807) is 6.92 Å². The minimum absolute atomic E-state index is 0.213. The number of hydrogen-bond donors (Lipinski definition) is 0. The van der Waals surface area contributed by atoms with E-state index in [1.807, 2.05) is 43.3 Å². The number of esters is 1. The van der Waals surface area contributed by atoms with E-state index in [0.717, 1.165) is 11.3 Å². The minimum Gasteiger partial charge on any atom is -0.489 e. The van der Waals surface area contributed by atoms with Crippen molar-refractivity contribution >= 4 is 5.97 Å². The average molecular weight is 342 g/mol. The zero-order valence-corrected chi connectivity index (χ0v) is 15.2. The van der Waals surface area contributed by atoms with E-state index in [-0.39, 0.29) is 18.5 Å². The van der Waals surface area contributed by atoms with Gasteiger partial charge in [0.2, 0.25) is 0 Å². The molecule has 134 valence electrons. The molecule has 0 saturated heterocycles. The number of carbonyl (C=O) groups excluding carboxylic acids is 1. The Morgan fingerprint density at radius 1 is 1.00 bits per heavy atom. The lowest BCUT2D eigenvalue weighted by atomic mass is 10.1. The van der Waals surface area contributed by atoms with Crippen LogP contribution in [0.25, 0.3) is 0 Å². The Balaban J connectivity index is 1.99. The molecule has 0 saturated carbocycles. The molecule has 2 aromatic carbocycles. The number of aryl methyl sites for hydroxylation is 1. The van der Waals surface area contributed by atoms with Gasteiger partial charge in [0, 0.05) is 6.61 Å². The van der Waals surface area contributed by atoms with Gasteiger partial charge in [0.05, 0.1) is 19.1 Å². The molecule has 25 heavy (non-hydrogen) atoms. The van der Waals surface area contributed by atoms with E-state index in [1.165, 1.54) is 11.1 Å². The minimum atomic E-state index is -0.297. The largest absolute Gasteiger partial charge is 0.489 e. The van der Waals surface area contributed by atoms with Gasteiger partial charge in [0.1, 0.15) is 12.4 Å². The standard InChI is InChI=1S/C21H26O4/c1-4-23-20(14-21(22)24-5-2)17-10-12-19(13-11-17)25-15-18-9-7-6-8-16(18)3/h6-13,20H,4-5,14-15H2,1-3H3/t20-/m1/s1. The Hall–Kier alpha value is -2.33. The van der Waals surface area contributed by atoms with Crippen molar-refractivity contribution in [2.45, 2.75) is 39.9 Å². The summed E-state index contributed by atoms with van der Waals surface area (Å²) in [6.45, 7) is 7.23. The van der Waals surface area contributed by atoms with Gasteiger partial charge in [-0.25, -0.2) is 0 Å². The third kappa shape index (κ3) is 5.91. The molecular weight excluding hydrogens is 316 g/mol. The molecule has 1 atom stereocenters. The lowest BCUT2D eigenvalue weighted by Gasteiger charge is -2.17. The Kier molecular flexibility index (Phi) is 7.48. The van der Waals surface area contributed by atoms with Crippen molar-refractivity contribution < 1.29 is 19.0 Å². The fourth-order valence-electron chi connectivity index (χ4n) is 2.56. The predicted octanol–water partition coefficient (Wildman–Crippen LogP) is 4.60. The van der Waals surface area contributed by atoms with Gasteiger partial charge >= 0.3 is 5.97 Å². The quantitative estimate of drug-likeness (QED) is 0.625. The van der Waals surface area contributed by atoms with E-state index in [2.05, 4.69) is 19.1 Å². The first-order valence-corrected chi connectivity index (χ1v) is 8.68. The first-order valence-electron chi connectivity index (χ1n) is 8.68. The zero-order chi connectivity index (χ0) is 18.1. The number of ether oxygens (including phenoxy) is 3. The SMILES string of the molecule is CCOC(=O)C[C@@H](OCC)c1ccc(OCc2ccccc2C)cc1. The molecule has 0 spiro atoms. The number of rotatable bonds is 9. The number of carbonyl (C=O) groups is 1. The van der Waals surface area contributed by atoms with Crippen LogP contribution < -0.4 is 4.74 Å². The molecule has 0 radical (unpaired) electrons. The van der Waals surface area contributed by atoms with Crippen molar-refractivity contribution in [3.05, 3.63) is 65.2 Å². The molecule has 4 heteroatoms. The summed E-state index contributed by atoms with van der Waals surface area (Å²) in [6.07, 6.45) is -0.0834. The van der Waals surface area contributed by atoms with Gasteiger partial charge in [-0.2, -0.15) is 0 Å². The summed E-state index contributed by atoms with van der Waals surface area (Å²) in [5, 5.41) is 0. The van der Waals surface area contributed by atoms with E-state index in [9.17, 15) is 4.79 Å². The van der Waals surface area contributed by atoms with Crippen molar-refractivity contribution in [3.8, 4) is 5.75 Å². The van der Waals surface area contributed by atoms with Crippen LogP contribution in [-0.2, 0) is 20.9 Å². The summed E-state index contributed by atoms with van der Waals surface area (Å²) in [5.41, 5.74) is 3.32. The third-order valence-electron chi connectivity index (χ3n) is 3.93. The topological polar surface area (TPSA) is 44.8 Å². The summed E-state index contributed by atoms with van der Waals surface area (Å²) >= 11 is 0. The number of hydrogen-bond acceptors (Lipinski definition) is 4. The molecular formula is C21H26O4. The molecule has 0 aromatic heterocycles. The molecule has 0 unspecified atom stereocenters. The van der Waals surface area contributed by atoms with Gasteiger partial charge in [-0.3, -0.25) is 4.79 Å². The molecule has 0 heterocycles. The third-order valence-corrected chi connectivity index (χ3v) is 3.93. The Bertz CT molecular complexity index is 664. The molecule has 0 aliphatic carbocycles. The Labute approximate surface area is 149 Å². The molecule has 0 bridgehead atoms. The van der Waals surface area contributed by atoms with Gasteiger partial charge in [-0.1, -0.05) is 36.4 Å². The molecule has 4 nitrogen and oxygen atoms in total. The van der Waals surface area contributed by atoms with Gasteiger partial charge < -0.3 is 14.2 Å². The summed E-state index contributed by atoms with van der Waals surface area (Å²) in [5.74, 6) is 0.541. The van der Waals surface area contributed by atoms with Crippen LogP contribution in [0.1, 0.15) is 43.1 Å². The molecule has 2 rings (SSSR count). The molecule has 0 aliphatic rings. The second-order valence-corrected chi connectivity index (χ2v) is 5.74. The van der Waals surface area contributed by atoms with E-state index >= 15 is 0 Å². The Morgan fingerprint density at radius 2 is 1.72 bits per heavy atom. The zero-order valence-electron chi connectivity index (χ0n) is 15.2. The summed E-state index contributed by atoms with van der Waals surface area (Å²) in [7, 11) is 0. The summed E-state index contributed by atoms with van der Waals surface area (Å²) < 4.78 is 16.6. The first-order chi connectivity index (χ1) is 12.1. The second-order valence-electron chi connectivity index (χ2n) is 5.74. The van der Waals surface area contributed by atoms with Crippen LogP contribution in [0.2, 0.25) is 0 Å². The van der Waals surface area contributed by atoms with Crippen molar-refractivity contribution in [3.63, 3.8) is 0 Å². The lowest BCUT2D eigenvalue weighted by molar-refractivity contribution is -0.146. The van der Waals surface area contributed by atoms with Crippen LogP contribution in [-0.4, -0.2) is 19.2 Å². The van der Waals surface area contributed by atoms with E-state index in [4.69, 9.17) is 14.2 Å².